The van der Waals surface area contributed by atoms with Gasteiger partial charge in [-0.2, -0.15) is 5.26 Å². The molecule has 96 valence electrons. The number of rotatable bonds is 1. The van der Waals surface area contributed by atoms with E-state index in [0.29, 0.717) is 24.4 Å². The highest BCUT2D eigenvalue weighted by Crippen LogP contribution is 2.27. The zero-order valence-corrected chi connectivity index (χ0v) is 10.1. The Morgan fingerprint density at radius 3 is 2.95 bits per heavy atom. The molecule has 0 radical (unpaired) electrons. The SMILES string of the molecule is N#Cc1cccc(N2C(=O)C3COCCN3C2=O)c1. The monoisotopic (exact) mass is 257 g/mol. The number of carbonyl (C=O) groups is 2. The molecule has 1 aromatic rings. The van der Waals surface area contributed by atoms with Crippen molar-refractivity contribution >= 4 is 17.6 Å². The molecule has 0 aliphatic carbocycles. The maximum atomic E-state index is 12.3. The summed E-state index contributed by atoms with van der Waals surface area (Å²) in [5, 5.41) is 8.87. The summed E-state index contributed by atoms with van der Waals surface area (Å²) < 4.78 is 5.24. The molecule has 1 atom stereocenters. The van der Waals surface area contributed by atoms with Gasteiger partial charge in [-0.3, -0.25) is 4.79 Å². The highest BCUT2D eigenvalue weighted by atomic mass is 16.5. The third-order valence-electron chi connectivity index (χ3n) is 3.30. The number of hydrogen-bond acceptors (Lipinski definition) is 4. The number of urea groups is 1. The zero-order chi connectivity index (χ0) is 13.4. The fraction of sp³-hybridized carbons (Fsp3) is 0.308. The number of fused-ring (bicyclic) bond motifs is 1. The standard InChI is InChI=1S/C13H11N3O3/c14-7-9-2-1-3-10(6-9)16-12(17)11-8-19-5-4-15(11)13(16)18/h1-3,6,11H,4-5,8H2. The van der Waals surface area contributed by atoms with Crippen LogP contribution in [-0.4, -0.2) is 42.6 Å². The highest BCUT2D eigenvalue weighted by Gasteiger charge is 2.47. The van der Waals surface area contributed by atoms with Gasteiger partial charge in [-0.25, -0.2) is 9.69 Å². The second-order valence-electron chi connectivity index (χ2n) is 4.40. The summed E-state index contributed by atoms with van der Waals surface area (Å²) in [7, 11) is 0. The van der Waals surface area contributed by atoms with Crippen molar-refractivity contribution in [1.82, 2.24) is 4.90 Å². The number of carbonyl (C=O) groups excluding carboxylic acids is 2. The van der Waals surface area contributed by atoms with Gasteiger partial charge in [0.15, 0.2) is 0 Å². The Balaban J connectivity index is 1.98. The summed E-state index contributed by atoms with van der Waals surface area (Å²) in [6, 6.07) is 7.59. The van der Waals surface area contributed by atoms with Gasteiger partial charge in [0.25, 0.3) is 5.91 Å². The molecule has 6 nitrogen and oxygen atoms in total. The molecule has 0 saturated carbocycles. The van der Waals surface area contributed by atoms with Gasteiger partial charge in [0.05, 0.1) is 30.5 Å². The number of nitrogens with zero attached hydrogens (tertiary/aromatic N) is 3. The van der Waals surface area contributed by atoms with E-state index in [1.807, 2.05) is 6.07 Å². The fourth-order valence-electron chi connectivity index (χ4n) is 2.36. The number of amides is 3. The molecule has 0 spiro atoms. The lowest BCUT2D eigenvalue weighted by molar-refractivity contribution is -0.123. The number of nitriles is 1. The number of morpholine rings is 1. The lowest BCUT2D eigenvalue weighted by Gasteiger charge is -2.26. The molecule has 19 heavy (non-hydrogen) atoms. The minimum Gasteiger partial charge on any atom is -0.377 e. The Kier molecular flexibility index (Phi) is 2.69. The Morgan fingerprint density at radius 2 is 2.21 bits per heavy atom. The van der Waals surface area contributed by atoms with Crippen LogP contribution in [0.5, 0.6) is 0 Å². The Morgan fingerprint density at radius 1 is 1.37 bits per heavy atom. The predicted molar refractivity (Wildman–Crippen MR) is 65.4 cm³/mol. The number of ether oxygens (including phenoxy) is 1. The van der Waals surface area contributed by atoms with E-state index in [9.17, 15) is 9.59 Å². The van der Waals surface area contributed by atoms with E-state index in [2.05, 4.69) is 0 Å². The predicted octanol–water partition coefficient (Wildman–Crippen LogP) is 0.726. The molecule has 0 aromatic heterocycles. The molecule has 1 unspecified atom stereocenters. The largest absolute Gasteiger partial charge is 0.377 e. The molecule has 3 amide bonds. The molecule has 0 N–H and O–H groups in total. The van der Waals surface area contributed by atoms with E-state index in [4.69, 9.17) is 10.00 Å². The first-order valence-electron chi connectivity index (χ1n) is 5.95. The lowest BCUT2D eigenvalue weighted by atomic mass is 10.2. The smallest absolute Gasteiger partial charge is 0.332 e. The van der Waals surface area contributed by atoms with Crippen molar-refractivity contribution in [2.45, 2.75) is 6.04 Å². The molecule has 1 aromatic carbocycles. The van der Waals surface area contributed by atoms with Crippen molar-refractivity contribution in [2.24, 2.45) is 0 Å². The highest BCUT2D eigenvalue weighted by molar-refractivity contribution is 6.21. The van der Waals surface area contributed by atoms with Crippen LogP contribution in [0.25, 0.3) is 0 Å². The van der Waals surface area contributed by atoms with Crippen LogP contribution in [0.15, 0.2) is 24.3 Å². The summed E-state index contributed by atoms with van der Waals surface area (Å²) in [5.74, 6) is -0.292. The van der Waals surface area contributed by atoms with Gasteiger partial charge < -0.3 is 9.64 Å². The van der Waals surface area contributed by atoms with Gasteiger partial charge in [-0.15, -0.1) is 0 Å². The summed E-state index contributed by atoms with van der Waals surface area (Å²) in [4.78, 5) is 27.1. The summed E-state index contributed by atoms with van der Waals surface area (Å²) in [6.07, 6.45) is 0. The van der Waals surface area contributed by atoms with Gasteiger partial charge in [0.1, 0.15) is 6.04 Å². The molecule has 2 aliphatic heterocycles. The van der Waals surface area contributed by atoms with Gasteiger partial charge in [-0.1, -0.05) is 6.07 Å². The van der Waals surface area contributed by atoms with Gasteiger partial charge >= 0.3 is 6.03 Å². The molecule has 2 aliphatic rings. The first kappa shape index (κ1) is 11.7. The average molecular weight is 257 g/mol. The van der Waals surface area contributed by atoms with Crippen LogP contribution in [0.4, 0.5) is 10.5 Å². The fourth-order valence-corrected chi connectivity index (χ4v) is 2.36. The molecular weight excluding hydrogens is 246 g/mol. The van der Waals surface area contributed by atoms with Crippen molar-refractivity contribution in [1.29, 1.82) is 5.26 Å². The number of hydrogen-bond donors (Lipinski definition) is 0. The maximum Gasteiger partial charge on any atom is 0.332 e. The molecule has 3 rings (SSSR count). The second kappa shape index (κ2) is 4.37. The van der Waals surface area contributed by atoms with Gasteiger partial charge in [0.2, 0.25) is 0 Å². The van der Waals surface area contributed by atoms with Crippen LogP contribution in [0.2, 0.25) is 0 Å². The van der Waals surface area contributed by atoms with Crippen LogP contribution in [-0.2, 0) is 9.53 Å². The van der Waals surface area contributed by atoms with Crippen molar-refractivity contribution in [3.63, 3.8) is 0 Å². The van der Waals surface area contributed by atoms with E-state index < -0.39 is 6.04 Å². The van der Waals surface area contributed by atoms with E-state index in [0.717, 1.165) is 4.90 Å². The van der Waals surface area contributed by atoms with Crippen LogP contribution in [0.1, 0.15) is 5.56 Å². The maximum absolute atomic E-state index is 12.3. The van der Waals surface area contributed by atoms with E-state index in [1.54, 1.807) is 18.2 Å². The summed E-state index contributed by atoms with van der Waals surface area (Å²) in [6.45, 7) is 1.10. The van der Waals surface area contributed by atoms with Crippen molar-refractivity contribution < 1.29 is 14.3 Å². The van der Waals surface area contributed by atoms with E-state index >= 15 is 0 Å². The molecule has 2 heterocycles. The number of anilines is 1. The van der Waals surface area contributed by atoms with Crippen LogP contribution in [0, 0.1) is 11.3 Å². The third kappa shape index (κ3) is 1.75. The molecule has 2 fully saturated rings. The zero-order valence-electron chi connectivity index (χ0n) is 10.1. The van der Waals surface area contributed by atoms with Gasteiger partial charge in [-0.05, 0) is 18.2 Å². The van der Waals surface area contributed by atoms with E-state index in [-0.39, 0.29) is 18.5 Å². The third-order valence-corrected chi connectivity index (χ3v) is 3.30. The lowest BCUT2D eigenvalue weighted by Crippen LogP contribution is -2.45. The molecule has 0 bridgehead atoms. The first-order chi connectivity index (χ1) is 9.22. The average Bonchev–Trinajstić information content (AvgIpc) is 2.72. The normalized spacial score (nSPS) is 22.4. The van der Waals surface area contributed by atoms with Crippen molar-refractivity contribution in [3.8, 4) is 6.07 Å². The topological polar surface area (TPSA) is 73.6 Å². The molecule has 6 heteroatoms. The van der Waals surface area contributed by atoms with E-state index in [1.165, 1.54) is 11.0 Å². The Labute approximate surface area is 109 Å². The number of benzene rings is 1. The minimum atomic E-state index is -0.535. The van der Waals surface area contributed by atoms with Crippen LogP contribution in [0.3, 0.4) is 0 Å². The molecule has 2 saturated heterocycles. The second-order valence-corrected chi connectivity index (χ2v) is 4.40. The van der Waals surface area contributed by atoms with Gasteiger partial charge in [0, 0.05) is 6.54 Å². The summed E-state index contributed by atoms with van der Waals surface area (Å²) >= 11 is 0. The minimum absolute atomic E-state index is 0.235. The number of imide groups is 1. The summed E-state index contributed by atoms with van der Waals surface area (Å²) in [5.41, 5.74) is 0.850. The van der Waals surface area contributed by atoms with Crippen molar-refractivity contribution in [3.05, 3.63) is 29.8 Å². The molecular formula is C13H11N3O3. The Hall–Kier alpha value is -2.39. The Bertz CT molecular complexity index is 569. The first-order valence-corrected chi connectivity index (χ1v) is 5.95. The van der Waals surface area contributed by atoms with Crippen LogP contribution >= 0.6 is 0 Å². The quantitative estimate of drug-likeness (QED) is 0.695. The van der Waals surface area contributed by atoms with Crippen molar-refractivity contribution in [2.75, 3.05) is 24.7 Å². The van der Waals surface area contributed by atoms with Crippen LogP contribution < -0.4 is 4.90 Å².